The molecule has 0 saturated carbocycles. The van der Waals surface area contributed by atoms with Crippen LogP contribution in [-0.2, 0) is 0 Å². The molecule has 0 aliphatic carbocycles. The van der Waals surface area contributed by atoms with Gasteiger partial charge in [0.05, 0.1) is 6.04 Å². The van der Waals surface area contributed by atoms with Gasteiger partial charge in [0.25, 0.3) is 5.91 Å². The van der Waals surface area contributed by atoms with E-state index in [9.17, 15) is 9.59 Å². The van der Waals surface area contributed by atoms with Gasteiger partial charge in [0, 0.05) is 71.5 Å². The minimum absolute atomic E-state index is 0.0504. The van der Waals surface area contributed by atoms with Crippen LogP contribution >= 0.6 is 23.5 Å². The fraction of sp³-hybridized carbons (Fsp3) is 0.619. The number of piperidine rings is 1. The predicted molar refractivity (Wildman–Crippen MR) is 120 cm³/mol. The molecule has 8 heteroatoms. The van der Waals surface area contributed by atoms with Crippen LogP contribution in [-0.4, -0.2) is 88.4 Å². The largest absolute Gasteiger partial charge is 0.331 e. The molecule has 4 aliphatic heterocycles. The Balaban J connectivity index is 1.41. The fourth-order valence-electron chi connectivity index (χ4n) is 5.00. The maximum atomic E-state index is 13.1. The number of piperazine rings is 1. The van der Waals surface area contributed by atoms with Gasteiger partial charge in [-0.15, -0.1) is 0 Å². The first kappa shape index (κ1) is 19.6. The van der Waals surface area contributed by atoms with Crippen LogP contribution in [0.2, 0.25) is 0 Å². The number of fused-ring (bicyclic) bond motifs is 3. The first-order valence-corrected chi connectivity index (χ1v) is 12.6. The number of nitrogens with one attached hydrogen (secondary N) is 1. The number of hydrogen-bond donors (Lipinski definition) is 1. The highest BCUT2D eigenvalue weighted by molar-refractivity contribution is 8.07. The number of thioether (sulfide) groups is 2. The molecule has 2 unspecified atom stereocenters. The van der Waals surface area contributed by atoms with Gasteiger partial charge < -0.3 is 20.0 Å². The molecule has 0 bridgehead atoms. The van der Waals surface area contributed by atoms with Crippen LogP contribution < -0.4 is 5.32 Å². The summed E-state index contributed by atoms with van der Waals surface area (Å²) in [4.78, 5) is 32.1. The summed E-state index contributed by atoms with van der Waals surface area (Å²) in [7, 11) is 2.08. The molecule has 5 rings (SSSR count). The van der Waals surface area contributed by atoms with Crippen molar-refractivity contribution < 1.29 is 9.59 Å². The monoisotopic (exact) mass is 432 g/mol. The second-order valence-corrected chi connectivity index (χ2v) is 11.2. The Kier molecular flexibility index (Phi) is 5.20. The molecule has 0 aromatic heterocycles. The van der Waals surface area contributed by atoms with Crippen molar-refractivity contribution in [2.24, 2.45) is 0 Å². The van der Waals surface area contributed by atoms with E-state index in [1.54, 1.807) is 0 Å². The summed E-state index contributed by atoms with van der Waals surface area (Å²) < 4.78 is 0.264. The fourth-order valence-corrected chi connectivity index (χ4v) is 8.11. The van der Waals surface area contributed by atoms with E-state index in [0.29, 0.717) is 0 Å². The van der Waals surface area contributed by atoms with E-state index in [1.807, 2.05) is 39.8 Å². The molecule has 1 N–H and O–H groups in total. The van der Waals surface area contributed by atoms with Crippen molar-refractivity contribution in [1.82, 2.24) is 14.7 Å². The van der Waals surface area contributed by atoms with E-state index >= 15 is 0 Å². The van der Waals surface area contributed by atoms with E-state index in [2.05, 4.69) is 29.0 Å². The average Bonchev–Trinajstić information content (AvgIpc) is 3.01. The second-order valence-electron chi connectivity index (χ2n) is 8.54. The second kappa shape index (κ2) is 7.71. The third-order valence-corrected chi connectivity index (χ3v) is 9.94. The highest BCUT2D eigenvalue weighted by Gasteiger charge is 2.48. The maximum Gasteiger partial charge on any atom is 0.321 e. The number of likely N-dealkylation sites (N-methyl/N-ethyl adjacent to an activating group) is 1. The van der Waals surface area contributed by atoms with Crippen molar-refractivity contribution in [2.75, 3.05) is 62.3 Å². The van der Waals surface area contributed by atoms with Crippen LogP contribution in [0.4, 0.5) is 10.5 Å². The Morgan fingerprint density at radius 2 is 2.00 bits per heavy atom. The standard InChI is InChI=1S/C21H28N4O2S2/c1-23-7-9-24(10-8-23)20(27)22-16-4-2-3-15-18(16)17-13-21(14-28-11-12-29-21)5-6-25(17)19(15)26/h2-4,17H,5-14H2,1H3,(H,22,27). The Bertz CT molecular complexity index is 819. The summed E-state index contributed by atoms with van der Waals surface area (Å²) in [6.07, 6.45) is 2.06. The van der Waals surface area contributed by atoms with Crippen molar-refractivity contribution in [3.63, 3.8) is 0 Å². The first-order valence-electron chi connectivity index (χ1n) is 10.5. The summed E-state index contributed by atoms with van der Waals surface area (Å²) >= 11 is 4.14. The molecular formula is C21H28N4O2S2. The topological polar surface area (TPSA) is 55.9 Å². The molecule has 3 saturated heterocycles. The third-order valence-electron chi connectivity index (χ3n) is 6.71. The lowest BCUT2D eigenvalue weighted by Gasteiger charge is -2.45. The summed E-state index contributed by atoms with van der Waals surface area (Å²) in [6.45, 7) is 4.09. The minimum atomic E-state index is -0.0504. The minimum Gasteiger partial charge on any atom is -0.331 e. The number of anilines is 1. The summed E-state index contributed by atoms with van der Waals surface area (Å²) in [6, 6.07) is 5.83. The smallest absolute Gasteiger partial charge is 0.321 e. The summed E-state index contributed by atoms with van der Waals surface area (Å²) in [5.41, 5.74) is 2.63. The van der Waals surface area contributed by atoms with Crippen molar-refractivity contribution in [3.05, 3.63) is 29.3 Å². The molecular weight excluding hydrogens is 404 g/mol. The zero-order chi connectivity index (χ0) is 20.0. The molecule has 4 heterocycles. The van der Waals surface area contributed by atoms with Crippen molar-refractivity contribution >= 4 is 41.1 Å². The van der Waals surface area contributed by atoms with Gasteiger partial charge in [0.15, 0.2) is 0 Å². The van der Waals surface area contributed by atoms with Gasteiger partial charge in [-0.05, 0) is 32.0 Å². The van der Waals surface area contributed by atoms with Crippen molar-refractivity contribution in [2.45, 2.75) is 23.6 Å². The number of rotatable bonds is 1. The van der Waals surface area contributed by atoms with E-state index in [-0.39, 0.29) is 22.7 Å². The Morgan fingerprint density at radius 1 is 1.17 bits per heavy atom. The third kappa shape index (κ3) is 3.53. The van der Waals surface area contributed by atoms with Gasteiger partial charge in [0.1, 0.15) is 0 Å². The number of amides is 3. The zero-order valence-corrected chi connectivity index (χ0v) is 18.5. The molecule has 156 valence electrons. The number of benzene rings is 1. The number of carbonyl (C=O) groups excluding carboxylic acids is 2. The number of carbonyl (C=O) groups is 2. The molecule has 2 atom stereocenters. The van der Waals surface area contributed by atoms with Gasteiger partial charge >= 0.3 is 6.03 Å². The van der Waals surface area contributed by atoms with Crippen molar-refractivity contribution in [1.29, 1.82) is 0 Å². The van der Waals surface area contributed by atoms with Crippen LogP contribution in [0.3, 0.4) is 0 Å². The van der Waals surface area contributed by atoms with Crippen LogP contribution in [0, 0.1) is 0 Å². The summed E-state index contributed by atoms with van der Waals surface area (Å²) in [5.74, 6) is 3.72. The van der Waals surface area contributed by atoms with Gasteiger partial charge in [-0.1, -0.05) is 6.07 Å². The van der Waals surface area contributed by atoms with Gasteiger partial charge in [-0.25, -0.2) is 4.79 Å². The van der Waals surface area contributed by atoms with Gasteiger partial charge in [-0.3, -0.25) is 4.79 Å². The van der Waals surface area contributed by atoms with Crippen LogP contribution in [0.1, 0.15) is 34.8 Å². The summed E-state index contributed by atoms with van der Waals surface area (Å²) in [5, 5.41) is 3.15. The molecule has 3 fully saturated rings. The molecule has 1 spiro atoms. The van der Waals surface area contributed by atoms with E-state index in [1.165, 1.54) is 17.3 Å². The maximum absolute atomic E-state index is 13.1. The molecule has 1 aromatic rings. The predicted octanol–water partition coefficient (Wildman–Crippen LogP) is 2.98. The van der Waals surface area contributed by atoms with Crippen molar-refractivity contribution in [3.8, 4) is 0 Å². The van der Waals surface area contributed by atoms with Crippen LogP contribution in [0.25, 0.3) is 0 Å². The highest BCUT2D eigenvalue weighted by Crippen LogP contribution is 2.52. The average molecular weight is 433 g/mol. The molecule has 6 nitrogen and oxygen atoms in total. The van der Waals surface area contributed by atoms with E-state index in [4.69, 9.17) is 0 Å². The van der Waals surface area contributed by atoms with Crippen LogP contribution in [0.15, 0.2) is 18.2 Å². The lowest BCUT2D eigenvalue weighted by atomic mass is 9.88. The number of urea groups is 1. The van der Waals surface area contributed by atoms with E-state index in [0.717, 1.165) is 62.4 Å². The normalized spacial score (nSPS) is 29.7. The Hall–Kier alpha value is -1.38. The lowest BCUT2D eigenvalue weighted by molar-refractivity contribution is 0.0648. The molecule has 1 aromatic carbocycles. The molecule has 29 heavy (non-hydrogen) atoms. The Morgan fingerprint density at radius 3 is 2.76 bits per heavy atom. The SMILES string of the molecule is CN1CCN(C(=O)Nc2cccc3c2C2CC4(CCN2C3=O)CSCCS4)CC1. The number of hydrogen-bond acceptors (Lipinski definition) is 5. The number of nitrogens with zero attached hydrogens (tertiary/aromatic N) is 3. The molecule has 3 amide bonds. The van der Waals surface area contributed by atoms with Gasteiger partial charge in [0.2, 0.25) is 0 Å². The highest BCUT2D eigenvalue weighted by atomic mass is 32.2. The molecule has 4 aliphatic rings. The van der Waals surface area contributed by atoms with Crippen LogP contribution in [0.5, 0.6) is 0 Å². The quantitative estimate of drug-likeness (QED) is 0.739. The zero-order valence-electron chi connectivity index (χ0n) is 16.9. The molecule has 0 radical (unpaired) electrons. The Labute approximate surface area is 180 Å². The first-order chi connectivity index (χ1) is 14.1. The van der Waals surface area contributed by atoms with E-state index < -0.39 is 0 Å². The lowest BCUT2D eigenvalue weighted by Crippen LogP contribution is -2.48. The van der Waals surface area contributed by atoms with Gasteiger partial charge in [-0.2, -0.15) is 23.5 Å².